The van der Waals surface area contributed by atoms with Crippen molar-refractivity contribution in [1.29, 1.82) is 0 Å². The molecule has 0 atom stereocenters. The van der Waals surface area contributed by atoms with Gasteiger partial charge in [-0.1, -0.05) is 6.92 Å². The van der Waals surface area contributed by atoms with Gasteiger partial charge in [-0.05, 0) is 18.2 Å². The van der Waals surface area contributed by atoms with E-state index >= 15 is 0 Å². The Balaban J connectivity index is 2.20. The summed E-state index contributed by atoms with van der Waals surface area (Å²) in [4.78, 5) is 27.1. The lowest BCUT2D eigenvalue weighted by atomic mass is 10.1. The van der Waals surface area contributed by atoms with Crippen molar-refractivity contribution in [3.8, 4) is 0 Å². The van der Waals surface area contributed by atoms with Crippen molar-refractivity contribution in [2.75, 3.05) is 0 Å². The molecule has 7 heteroatoms. The third-order valence-corrected chi connectivity index (χ3v) is 2.56. The summed E-state index contributed by atoms with van der Waals surface area (Å²) < 4.78 is 0. The Kier molecular flexibility index (Phi) is 4.43. The topological polar surface area (TPSA) is 84.4 Å². The van der Waals surface area contributed by atoms with Crippen LogP contribution in [-0.2, 0) is 14.4 Å². The van der Waals surface area contributed by atoms with E-state index in [-0.39, 0.29) is 12.8 Å². The molecule has 0 spiro atoms. The SMILES string of the molecule is CCC(=O)ON1NC=C(c2cccnn2)C=C1CC=O. The second-order valence-corrected chi connectivity index (χ2v) is 3.96. The fourth-order valence-corrected chi connectivity index (χ4v) is 1.57. The van der Waals surface area contributed by atoms with Gasteiger partial charge < -0.3 is 9.63 Å². The Bertz CT molecular complexity index is 554. The van der Waals surface area contributed by atoms with Crippen molar-refractivity contribution in [1.82, 2.24) is 20.8 Å². The van der Waals surface area contributed by atoms with Gasteiger partial charge in [-0.3, -0.25) is 5.43 Å². The van der Waals surface area contributed by atoms with Gasteiger partial charge in [0.2, 0.25) is 0 Å². The number of nitrogens with one attached hydrogen (secondary N) is 1. The monoisotopic (exact) mass is 274 g/mol. The number of nitrogens with zero attached hydrogens (tertiary/aromatic N) is 3. The third-order valence-electron chi connectivity index (χ3n) is 2.56. The fraction of sp³-hybridized carbons (Fsp3) is 0.231. The second-order valence-electron chi connectivity index (χ2n) is 3.96. The minimum absolute atomic E-state index is 0.113. The van der Waals surface area contributed by atoms with Crippen molar-refractivity contribution >= 4 is 17.8 Å². The molecule has 2 rings (SSSR count). The van der Waals surface area contributed by atoms with Gasteiger partial charge >= 0.3 is 5.97 Å². The van der Waals surface area contributed by atoms with Crippen molar-refractivity contribution in [2.24, 2.45) is 0 Å². The average molecular weight is 274 g/mol. The van der Waals surface area contributed by atoms with Crippen LogP contribution in [0.1, 0.15) is 25.5 Å². The van der Waals surface area contributed by atoms with Crippen molar-refractivity contribution in [3.05, 3.63) is 42.0 Å². The number of hydrogen-bond acceptors (Lipinski definition) is 7. The van der Waals surface area contributed by atoms with Crippen LogP contribution in [-0.4, -0.2) is 27.6 Å². The predicted octanol–water partition coefficient (Wildman–Crippen LogP) is 0.979. The number of hydrazine groups is 1. The molecule has 1 aromatic rings. The molecule has 20 heavy (non-hydrogen) atoms. The Morgan fingerprint density at radius 2 is 2.40 bits per heavy atom. The number of carbonyl (C=O) groups excluding carboxylic acids is 2. The summed E-state index contributed by atoms with van der Waals surface area (Å²) in [6.07, 6.45) is 6.01. The maximum Gasteiger partial charge on any atom is 0.334 e. The second kappa shape index (κ2) is 6.46. The zero-order valence-corrected chi connectivity index (χ0v) is 10.9. The quantitative estimate of drug-likeness (QED) is 0.801. The Morgan fingerprint density at radius 1 is 1.55 bits per heavy atom. The molecule has 0 saturated heterocycles. The molecule has 1 aromatic heterocycles. The van der Waals surface area contributed by atoms with Crippen molar-refractivity contribution in [2.45, 2.75) is 19.8 Å². The van der Waals surface area contributed by atoms with E-state index in [0.717, 1.165) is 11.9 Å². The number of allylic oxidation sites excluding steroid dienone is 3. The van der Waals surface area contributed by atoms with E-state index in [1.165, 1.54) is 5.17 Å². The summed E-state index contributed by atoms with van der Waals surface area (Å²) in [5.74, 6) is -0.398. The third kappa shape index (κ3) is 3.19. The van der Waals surface area contributed by atoms with E-state index in [1.54, 1.807) is 37.5 Å². The smallest absolute Gasteiger partial charge is 0.321 e. The maximum absolute atomic E-state index is 11.3. The molecule has 0 bridgehead atoms. The molecule has 2 heterocycles. The number of aromatic nitrogens is 2. The molecule has 104 valence electrons. The van der Waals surface area contributed by atoms with Gasteiger partial charge in [-0.25, -0.2) is 4.79 Å². The molecule has 1 N–H and O–H groups in total. The number of hydrogen-bond donors (Lipinski definition) is 1. The highest BCUT2D eigenvalue weighted by Crippen LogP contribution is 2.21. The number of aldehydes is 1. The standard InChI is InChI=1S/C13H14N4O3/c1-2-13(19)20-17-11(5-7-18)8-10(9-15-17)12-4-3-6-14-16-12/h3-4,6-9,15H,2,5H2,1H3. The van der Waals surface area contributed by atoms with Crippen molar-refractivity contribution in [3.63, 3.8) is 0 Å². The minimum Gasteiger partial charge on any atom is -0.321 e. The van der Waals surface area contributed by atoms with E-state index < -0.39 is 5.97 Å². The Labute approximate surface area is 115 Å². The zero-order valence-electron chi connectivity index (χ0n) is 10.9. The van der Waals surface area contributed by atoms with E-state index in [4.69, 9.17) is 4.84 Å². The summed E-state index contributed by atoms with van der Waals surface area (Å²) in [5.41, 5.74) is 4.73. The molecular weight excluding hydrogens is 260 g/mol. The van der Waals surface area contributed by atoms with E-state index in [1.807, 2.05) is 0 Å². The Morgan fingerprint density at radius 3 is 3.05 bits per heavy atom. The van der Waals surface area contributed by atoms with Crippen LogP contribution in [0.15, 0.2) is 36.3 Å². The lowest BCUT2D eigenvalue weighted by molar-refractivity contribution is -0.191. The van der Waals surface area contributed by atoms with Crippen LogP contribution in [0.5, 0.6) is 0 Å². The van der Waals surface area contributed by atoms with E-state index in [9.17, 15) is 9.59 Å². The molecule has 1 aliphatic heterocycles. The fourth-order valence-electron chi connectivity index (χ4n) is 1.57. The summed E-state index contributed by atoms with van der Waals surface area (Å²) in [5, 5.41) is 8.96. The van der Waals surface area contributed by atoms with Gasteiger partial charge in [0, 0.05) is 30.8 Å². The molecule has 0 aromatic carbocycles. The maximum atomic E-state index is 11.3. The van der Waals surface area contributed by atoms with Crippen LogP contribution < -0.4 is 5.43 Å². The van der Waals surface area contributed by atoms with Gasteiger partial charge in [-0.2, -0.15) is 10.2 Å². The molecule has 1 aliphatic rings. The van der Waals surface area contributed by atoms with Crippen LogP contribution in [0.3, 0.4) is 0 Å². The molecule has 7 nitrogen and oxygen atoms in total. The molecular formula is C13H14N4O3. The first-order valence-corrected chi connectivity index (χ1v) is 6.14. The van der Waals surface area contributed by atoms with Gasteiger partial charge in [-0.15, -0.1) is 5.17 Å². The van der Waals surface area contributed by atoms with Crippen molar-refractivity contribution < 1.29 is 14.4 Å². The lowest BCUT2D eigenvalue weighted by Crippen LogP contribution is -2.38. The highest BCUT2D eigenvalue weighted by atomic mass is 16.7. The zero-order chi connectivity index (χ0) is 14.4. The van der Waals surface area contributed by atoms with Gasteiger partial charge in [0.25, 0.3) is 0 Å². The molecule has 0 unspecified atom stereocenters. The van der Waals surface area contributed by atoms with Crippen LogP contribution in [0.25, 0.3) is 5.57 Å². The summed E-state index contributed by atoms with van der Waals surface area (Å²) in [7, 11) is 0. The van der Waals surface area contributed by atoms with Gasteiger partial charge in [0.05, 0.1) is 11.4 Å². The van der Waals surface area contributed by atoms with Crippen LogP contribution in [0.4, 0.5) is 0 Å². The summed E-state index contributed by atoms with van der Waals surface area (Å²) in [6.45, 7) is 1.69. The predicted molar refractivity (Wildman–Crippen MR) is 70.1 cm³/mol. The molecule has 0 amide bonds. The van der Waals surface area contributed by atoms with Crippen LogP contribution >= 0.6 is 0 Å². The minimum atomic E-state index is -0.398. The summed E-state index contributed by atoms with van der Waals surface area (Å²) in [6, 6.07) is 3.56. The highest BCUT2D eigenvalue weighted by molar-refractivity contribution is 5.74. The average Bonchev–Trinajstić information content (AvgIpc) is 2.50. The number of carbonyl (C=O) groups is 2. The largest absolute Gasteiger partial charge is 0.334 e. The first-order chi connectivity index (χ1) is 9.74. The summed E-state index contributed by atoms with van der Waals surface area (Å²) >= 11 is 0. The van der Waals surface area contributed by atoms with Crippen LogP contribution in [0.2, 0.25) is 0 Å². The van der Waals surface area contributed by atoms with E-state index in [0.29, 0.717) is 11.4 Å². The molecule has 0 radical (unpaired) electrons. The first-order valence-electron chi connectivity index (χ1n) is 6.14. The number of rotatable bonds is 5. The Hall–Kier alpha value is -2.70. The van der Waals surface area contributed by atoms with Crippen LogP contribution in [0, 0.1) is 0 Å². The van der Waals surface area contributed by atoms with Gasteiger partial charge in [0.15, 0.2) is 0 Å². The molecule has 0 aliphatic carbocycles. The first kappa shape index (κ1) is 13.7. The van der Waals surface area contributed by atoms with E-state index in [2.05, 4.69) is 15.6 Å². The molecule has 0 fully saturated rings. The van der Waals surface area contributed by atoms with Gasteiger partial charge in [0.1, 0.15) is 6.29 Å². The lowest BCUT2D eigenvalue weighted by Gasteiger charge is -2.27. The normalized spacial score (nSPS) is 13.9. The molecule has 0 saturated carbocycles. The highest BCUT2D eigenvalue weighted by Gasteiger charge is 2.18. The number of hydroxylamine groups is 1.